The molecule has 1 heterocycles. The van der Waals surface area contributed by atoms with Crippen molar-refractivity contribution in [2.75, 3.05) is 13.2 Å². The normalized spacial score (nSPS) is 29.3. The third-order valence-electron chi connectivity index (χ3n) is 2.78. The smallest absolute Gasteiger partial charge is 0.327 e. The van der Waals surface area contributed by atoms with Crippen molar-refractivity contribution in [3.63, 3.8) is 0 Å². The van der Waals surface area contributed by atoms with Crippen molar-refractivity contribution in [1.29, 1.82) is 0 Å². The maximum Gasteiger partial charge on any atom is 0.327 e. The molecule has 0 amide bonds. The molecular weight excluding hydrogens is 244 g/mol. The number of halogens is 1. The van der Waals surface area contributed by atoms with Crippen molar-refractivity contribution in [1.82, 2.24) is 0 Å². The lowest BCUT2D eigenvalue weighted by molar-refractivity contribution is -0.153. The summed E-state index contributed by atoms with van der Waals surface area (Å²) >= 11 is 6.11. The maximum atomic E-state index is 11.6. The van der Waals surface area contributed by atoms with Crippen molar-refractivity contribution < 1.29 is 19.1 Å². The van der Waals surface area contributed by atoms with E-state index in [0.29, 0.717) is 12.8 Å². The number of alkyl halides is 1. The molecule has 0 aromatic heterocycles. The first-order valence-corrected chi connectivity index (χ1v) is 6.42. The highest BCUT2D eigenvalue weighted by atomic mass is 35.5. The van der Waals surface area contributed by atoms with Gasteiger partial charge in [0.25, 0.3) is 0 Å². The summed E-state index contributed by atoms with van der Waals surface area (Å²) in [6.45, 7) is 1.85. The molecule has 1 aliphatic heterocycles. The van der Waals surface area contributed by atoms with Crippen LogP contribution in [-0.4, -0.2) is 30.0 Å². The second kappa shape index (κ2) is 6.84. The van der Waals surface area contributed by atoms with Crippen LogP contribution in [0.15, 0.2) is 0 Å². The Morgan fingerprint density at radius 3 is 2.47 bits per heavy atom. The lowest BCUT2D eigenvalue weighted by Crippen LogP contribution is -2.32. The van der Waals surface area contributed by atoms with Crippen molar-refractivity contribution in [3.05, 3.63) is 0 Å². The van der Waals surface area contributed by atoms with Gasteiger partial charge in [-0.25, -0.2) is 0 Å². The van der Waals surface area contributed by atoms with Crippen molar-refractivity contribution in [2.24, 2.45) is 0 Å². The molecule has 1 rings (SSSR count). The van der Waals surface area contributed by atoms with Crippen LogP contribution in [-0.2, 0) is 19.1 Å². The molecule has 1 saturated heterocycles. The van der Waals surface area contributed by atoms with Crippen LogP contribution in [0.2, 0.25) is 0 Å². The zero-order chi connectivity index (χ0) is 12.7. The first-order valence-electron chi connectivity index (χ1n) is 6.04. The molecule has 1 fully saturated rings. The second-order valence-corrected chi connectivity index (χ2v) is 5.30. The number of hydrogen-bond donors (Lipinski definition) is 0. The van der Waals surface area contributed by atoms with Crippen LogP contribution in [0.4, 0.5) is 0 Å². The molecule has 0 saturated carbocycles. The number of ether oxygens (including phenoxy) is 2. The topological polar surface area (TPSA) is 52.6 Å². The predicted octanol–water partition coefficient (Wildman–Crippen LogP) is 2.42. The summed E-state index contributed by atoms with van der Waals surface area (Å²) < 4.78 is 9.88. The molecule has 5 heteroatoms. The quantitative estimate of drug-likeness (QED) is 0.497. The average molecular weight is 263 g/mol. The van der Waals surface area contributed by atoms with Gasteiger partial charge in [0.1, 0.15) is 18.1 Å². The third-order valence-corrected chi connectivity index (χ3v) is 3.13. The van der Waals surface area contributed by atoms with Gasteiger partial charge in [0.05, 0.1) is 0 Å². The van der Waals surface area contributed by atoms with Gasteiger partial charge in [0.2, 0.25) is 0 Å². The lowest BCUT2D eigenvalue weighted by atomic mass is 10.0. The third kappa shape index (κ3) is 5.39. The first-order chi connectivity index (χ1) is 8.02. The number of cyclic esters (lactones) is 2. The molecule has 1 atom stereocenters. The summed E-state index contributed by atoms with van der Waals surface area (Å²) in [7, 11) is 0. The van der Waals surface area contributed by atoms with E-state index in [2.05, 4.69) is 0 Å². The van der Waals surface area contributed by atoms with Crippen molar-refractivity contribution in [2.45, 2.75) is 50.3 Å². The largest absolute Gasteiger partial charge is 0.462 e. The van der Waals surface area contributed by atoms with Crippen LogP contribution in [0.25, 0.3) is 0 Å². The predicted molar refractivity (Wildman–Crippen MR) is 63.9 cm³/mol. The summed E-state index contributed by atoms with van der Waals surface area (Å²) in [5.74, 6) is -0.664. The number of rotatable bonds is 0. The van der Waals surface area contributed by atoms with Crippen LogP contribution in [0.3, 0.4) is 0 Å². The number of carbonyl (C=O) groups excluding carboxylic acids is 2. The zero-order valence-corrected chi connectivity index (χ0v) is 10.9. The molecule has 0 aromatic carbocycles. The summed E-state index contributed by atoms with van der Waals surface area (Å²) in [5, 5.41) is 0. The van der Waals surface area contributed by atoms with Gasteiger partial charge in [0, 0.05) is 6.42 Å². The Labute approximate surface area is 107 Å². The molecule has 0 aliphatic carbocycles. The van der Waals surface area contributed by atoms with Gasteiger partial charge in [-0.1, -0.05) is 19.3 Å². The van der Waals surface area contributed by atoms with Gasteiger partial charge < -0.3 is 9.47 Å². The van der Waals surface area contributed by atoms with Crippen LogP contribution in [0.1, 0.15) is 45.4 Å². The molecule has 0 radical (unpaired) electrons. The number of esters is 2. The molecule has 0 N–H and O–H groups in total. The average Bonchev–Trinajstić information content (AvgIpc) is 2.28. The fourth-order valence-electron chi connectivity index (χ4n) is 1.69. The molecule has 0 spiro atoms. The van der Waals surface area contributed by atoms with Crippen molar-refractivity contribution >= 4 is 23.5 Å². The minimum Gasteiger partial charge on any atom is -0.462 e. The van der Waals surface area contributed by atoms with Gasteiger partial charge in [-0.2, -0.15) is 0 Å². The zero-order valence-electron chi connectivity index (χ0n) is 10.2. The fourth-order valence-corrected chi connectivity index (χ4v) is 1.88. The standard InChI is InChI=1S/C12H19ClO4/c1-12(13)7-5-3-2-4-6-10(14)16-8-9-17-11(12)15/h2-9H2,1H3. The maximum absolute atomic E-state index is 11.6. The highest BCUT2D eigenvalue weighted by molar-refractivity contribution is 6.33. The molecule has 4 nitrogen and oxygen atoms in total. The lowest BCUT2D eigenvalue weighted by Gasteiger charge is -2.19. The Morgan fingerprint density at radius 1 is 1.06 bits per heavy atom. The van der Waals surface area contributed by atoms with E-state index in [1.807, 2.05) is 0 Å². The Kier molecular flexibility index (Phi) is 5.75. The highest BCUT2D eigenvalue weighted by Crippen LogP contribution is 2.24. The number of hydrogen-bond acceptors (Lipinski definition) is 4. The Hall–Kier alpha value is -0.770. The Balaban J connectivity index is 2.49. The second-order valence-electron chi connectivity index (χ2n) is 4.47. The van der Waals surface area contributed by atoms with E-state index in [0.717, 1.165) is 25.7 Å². The van der Waals surface area contributed by atoms with E-state index < -0.39 is 10.8 Å². The van der Waals surface area contributed by atoms with Crippen LogP contribution < -0.4 is 0 Å². The molecule has 17 heavy (non-hydrogen) atoms. The minimum absolute atomic E-state index is 0.0763. The molecule has 1 unspecified atom stereocenters. The van der Waals surface area contributed by atoms with Gasteiger partial charge in [-0.15, -0.1) is 11.6 Å². The van der Waals surface area contributed by atoms with Crippen LogP contribution in [0.5, 0.6) is 0 Å². The summed E-state index contributed by atoms with van der Waals surface area (Å²) in [6.07, 6.45) is 4.64. The van der Waals surface area contributed by atoms with Crippen LogP contribution >= 0.6 is 11.6 Å². The fraction of sp³-hybridized carbons (Fsp3) is 0.833. The van der Waals surface area contributed by atoms with Gasteiger partial charge >= 0.3 is 11.9 Å². The van der Waals surface area contributed by atoms with E-state index in [-0.39, 0.29) is 19.2 Å². The summed E-state index contributed by atoms with van der Waals surface area (Å²) in [6, 6.07) is 0. The van der Waals surface area contributed by atoms with E-state index in [1.54, 1.807) is 6.92 Å². The van der Waals surface area contributed by atoms with E-state index in [1.165, 1.54) is 0 Å². The summed E-state index contributed by atoms with van der Waals surface area (Å²) in [5.41, 5.74) is 0. The molecule has 98 valence electrons. The van der Waals surface area contributed by atoms with Gasteiger partial charge in [-0.3, -0.25) is 9.59 Å². The van der Waals surface area contributed by atoms with Crippen molar-refractivity contribution in [3.8, 4) is 0 Å². The minimum atomic E-state index is -0.960. The Bertz CT molecular complexity index is 276. The summed E-state index contributed by atoms with van der Waals surface area (Å²) in [4.78, 5) is 21.9. The van der Waals surface area contributed by atoms with Crippen LogP contribution in [0, 0.1) is 0 Å². The van der Waals surface area contributed by atoms with E-state index >= 15 is 0 Å². The molecule has 0 aromatic rings. The molecule has 0 bridgehead atoms. The SMILES string of the molecule is CC1(Cl)CCCCCCC(=O)OCCOC1=O. The first kappa shape index (κ1) is 14.3. The molecular formula is C12H19ClO4. The van der Waals surface area contributed by atoms with E-state index in [9.17, 15) is 9.59 Å². The highest BCUT2D eigenvalue weighted by Gasteiger charge is 2.31. The Morgan fingerprint density at radius 2 is 1.71 bits per heavy atom. The monoisotopic (exact) mass is 262 g/mol. The van der Waals surface area contributed by atoms with Gasteiger partial charge in [0.15, 0.2) is 0 Å². The van der Waals surface area contributed by atoms with E-state index in [4.69, 9.17) is 21.1 Å². The van der Waals surface area contributed by atoms with Gasteiger partial charge in [-0.05, 0) is 19.8 Å². The number of carbonyl (C=O) groups is 2. The molecule has 1 aliphatic rings.